The third kappa shape index (κ3) is 6.75. The van der Waals surface area contributed by atoms with Crippen LogP contribution in [0.2, 0.25) is 0 Å². The van der Waals surface area contributed by atoms with E-state index in [0.717, 1.165) is 16.8 Å². The van der Waals surface area contributed by atoms with Crippen LogP contribution in [0.15, 0.2) is 59.4 Å². The molecule has 2 aromatic carbocycles. The number of nitrogens with zero attached hydrogens (tertiary/aromatic N) is 4. The van der Waals surface area contributed by atoms with Gasteiger partial charge < -0.3 is 14.6 Å². The van der Waals surface area contributed by atoms with E-state index in [1.807, 2.05) is 61.5 Å². The van der Waals surface area contributed by atoms with Gasteiger partial charge in [-0.1, -0.05) is 12.1 Å². The normalized spacial score (nSPS) is 11.5. The molecule has 4 rings (SSSR count). The zero-order chi connectivity index (χ0) is 26.4. The lowest BCUT2D eigenvalue weighted by Crippen LogP contribution is -2.13. The monoisotopic (exact) mass is 512 g/mol. The van der Waals surface area contributed by atoms with Gasteiger partial charge in [0.05, 0.1) is 12.2 Å². The van der Waals surface area contributed by atoms with Crippen LogP contribution in [0.3, 0.4) is 0 Å². The van der Waals surface area contributed by atoms with Gasteiger partial charge in [-0.15, -0.1) is 5.10 Å². The van der Waals surface area contributed by atoms with E-state index >= 15 is 0 Å². The average Bonchev–Trinajstić information content (AvgIpc) is 3.40. The van der Waals surface area contributed by atoms with Crippen molar-refractivity contribution in [1.29, 1.82) is 0 Å². The number of H-pyrrole nitrogens is 2. The first-order chi connectivity index (χ1) is 17.7. The van der Waals surface area contributed by atoms with E-state index in [4.69, 9.17) is 4.74 Å². The molecule has 0 atom stereocenters. The maximum absolute atomic E-state index is 13.2. The van der Waals surface area contributed by atoms with E-state index in [9.17, 15) is 18.0 Å². The Morgan fingerprint density at radius 3 is 2.27 bits per heavy atom. The highest BCUT2D eigenvalue weighted by Gasteiger charge is 2.25. The molecule has 8 nitrogen and oxygen atoms in total. The predicted molar refractivity (Wildman–Crippen MR) is 135 cm³/mol. The van der Waals surface area contributed by atoms with Gasteiger partial charge in [0.2, 0.25) is 0 Å². The fraction of sp³-hybridized carbons (Fsp3) is 0.308. The first-order valence-corrected chi connectivity index (χ1v) is 11.8. The quantitative estimate of drug-likeness (QED) is 0.274. The maximum atomic E-state index is 13.2. The number of anilines is 1. The molecule has 0 amide bonds. The highest BCUT2D eigenvalue weighted by Crippen LogP contribution is 2.32. The molecule has 194 valence electrons. The van der Waals surface area contributed by atoms with Crippen LogP contribution in [0.1, 0.15) is 25.7 Å². The van der Waals surface area contributed by atoms with Gasteiger partial charge in [0.1, 0.15) is 5.75 Å². The summed E-state index contributed by atoms with van der Waals surface area (Å²) < 4.78 is 42.3. The second-order valence-electron chi connectivity index (χ2n) is 8.79. The fourth-order valence-electron chi connectivity index (χ4n) is 3.91. The van der Waals surface area contributed by atoms with Crippen LogP contribution in [0, 0.1) is 0 Å². The number of hydrogen-bond acceptors (Lipinski definition) is 6. The highest BCUT2D eigenvalue weighted by atomic mass is 19.4. The van der Waals surface area contributed by atoms with Gasteiger partial charge in [0.15, 0.2) is 5.82 Å². The number of ether oxygens (including phenoxy) is 1. The molecule has 4 aromatic rings. The molecule has 37 heavy (non-hydrogen) atoms. The Labute approximate surface area is 211 Å². The molecule has 0 aliphatic carbocycles. The fourth-order valence-corrected chi connectivity index (χ4v) is 3.91. The number of nitrogens with one attached hydrogen (secondary N) is 2. The van der Waals surface area contributed by atoms with Gasteiger partial charge in [0, 0.05) is 37.5 Å². The van der Waals surface area contributed by atoms with Crippen molar-refractivity contribution >= 4 is 5.69 Å². The van der Waals surface area contributed by atoms with Crippen molar-refractivity contribution < 1.29 is 17.9 Å². The molecule has 0 spiro atoms. The van der Waals surface area contributed by atoms with E-state index in [-0.39, 0.29) is 17.8 Å². The van der Waals surface area contributed by atoms with Crippen LogP contribution in [0.4, 0.5) is 18.9 Å². The van der Waals surface area contributed by atoms with E-state index in [1.54, 1.807) is 12.1 Å². The molecule has 0 aliphatic heterocycles. The molecule has 2 heterocycles. The Bertz CT molecular complexity index is 1350. The number of hydrogen-bond donors (Lipinski definition) is 2. The van der Waals surface area contributed by atoms with Gasteiger partial charge >= 0.3 is 6.18 Å². The van der Waals surface area contributed by atoms with Gasteiger partial charge in [-0.2, -0.15) is 13.2 Å². The standard InChI is InChI=1S/C26H27F3N6O2/c1-35(2)19-10-6-17(7-11-19)21-16-22(30-25(36)23(21)24-31-33-34-32-24)18-8-12-20(13-9-18)37-15-5-3-4-14-26(27,28)29/h6-13,16H,3-5,14-15H2,1-2H3,(H,30,36)(H,31,32,33,34). The Morgan fingerprint density at radius 2 is 1.65 bits per heavy atom. The summed E-state index contributed by atoms with van der Waals surface area (Å²) in [5, 5.41) is 13.8. The minimum Gasteiger partial charge on any atom is -0.494 e. The summed E-state index contributed by atoms with van der Waals surface area (Å²) >= 11 is 0. The Morgan fingerprint density at radius 1 is 0.946 bits per heavy atom. The number of tetrazole rings is 1. The van der Waals surface area contributed by atoms with Crippen molar-refractivity contribution in [1.82, 2.24) is 25.6 Å². The van der Waals surface area contributed by atoms with Crippen molar-refractivity contribution in [2.75, 3.05) is 25.6 Å². The summed E-state index contributed by atoms with van der Waals surface area (Å²) in [5.41, 5.74) is 3.87. The summed E-state index contributed by atoms with van der Waals surface area (Å²) in [7, 11) is 3.90. The molecule has 0 saturated carbocycles. The smallest absolute Gasteiger partial charge is 0.389 e. The minimum absolute atomic E-state index is 0.0967. The molecule has 0 saturated heterocycles. The second-order valence-corrected chi connectivity index (χ2v) is 8.79. The van der Waals surface area contributed by atoms with Crippen molar-refractivity contribution in [3.8, 4) is 39.5 Å². The van der Waals surface area contributed by atoms with Crippen LogP contribution in [-0.4, -0.2) is 52.5 Å². The van der Waals surface area contributed by atoms with Crippen LogP contribution >= 0.6 is 0 Å². The number of aromatic nitrogens is 5. The van der Waals surface area contributed by atoms with Crippen LogP contribution < -0.4 is 15.2 Å². The second kappa shape index (κ2) is 11.3. The number of halogens is 3. The molecule has 11 heteroatoms. The van der Waals surface area contributed by atoms with Gasteiger partial charge in [0.25, 0.3) is 5.56 Å². The van der Waals surface area contributed by atoms with Crippen LogP contribution in [0.25, 0.3) is 33.8 Å². The SMILES string of the molecule is CN(C)c1ccc(-c2cc(-c3ccc(OCCCCCC(F)(F)F)cc3)[nH]c(=O)c2-c2nnn[nH]2)cc1. The lowest BCUT2D eigenvalue weighted by atomic mass is 9.98. The van der Waals surface area contributed by atoms with Gasteiger partial charge in [-0.25, -0.2) is 5.10 Å². The maximum Gasteiger partial charge on any atom is 0.389 e. The topological polar surface area (TPSA) is 99.8 Å². The summed E-state index contributed by atoms with van der Waals surface area (Å²) in [6.07, 6.45) is -3.80. The third-order valence-corrected chi connectivity index (χ3v) is 5.85. The predicted octanol–water partition coefficient (Wildman–Crippen LogP) is 5.46. The zero-order valence-electron chi connectivity index (χ0n) is 20.5. The number of pyridine rings is 1. The van der Waals surface area contributed by atoms with Crippen molar-refractivity contribution in [2.45, 2.75) is 31.9 Å². The molecule has 0 radical (unpaired) electrons. The Balaban J connectivity index is 1.54. The van der Waals surface area contributed by atoms with Gasteiger partial charge in [-0.3, -0.25) is 4.79 Å². The lowest BCUT2D eigenvalue weighted by molar-refractivity contribution is -0.135. The number of aromatic amines is 2. The first kappa shape index (κ1) is 25.9. The first-order valence-electron chi connectivity index (χ1n) is 11.8. The Kier molecular flexibility index (Phi) is 7.90. The van der Waals surface area contributed by atoms with Gasteiger partial charge in [-0.05, 0) is 83.3 Å². The molecule has 2 aromatic heterocycles. The van der Waals surface area contributed by atoms with Crippen molar-refractivity contribution in [3.05, 3.63) is 65.0 Å². The van der Waals surface area contributed by atoms with Crippen molar-refractivity contribution in [2.24, 2.45) is 0 Å². The van der Waals surface area contributed by atoms with Crippen LogP contribution in [-0.2, 0) is 0 Å². The number of unbranched alkanes of at least 4 members (excludes halogenated alkanes) is 2. The van der Waals surface area contributed by atoms with E-state index in [2.05, 4.69) is 25.6 Å². The summed E-state index contributed by atoms with van der Waals surface area (Å²) in [4.78, 5) is 18.1. The summed E-state index contributed by atoms with van der Waals surface area (Å²) in [6, 6.07) is 16.9. The van der Waals surface area contributed by atoms with E-state index in [0.29, 0.717) is 42.0 Å². The third-order valence-electron chi connectivity index (χ3n) is 5.85. The Hall–Kier alpha value is -4.15. The number of alkyl halides is 3. The number of rotatable bonds is 10. The molecule has 0 bridgehead atoms. The average molecular weight is 513 g/mol. The van der Waals surface area contributed by atoms with E-state index in [1.165, 1.54) is 0 Å². The summed E-state index contributed by atoms with van der Waals surface area (Å²) in [6.45, 7) is 0.334. The minimum atomic E-state index is -4.11. The molecular formula is C26H27F3N6O2. The molecule has 2 N–H and O–H groups in total. The molecule has 0 aliphatic rings. The molecule has 0 unspecified atom stereocenters. The van der Waals surface area contributed by atoms with Crippen LogP contribution in [0.5, 0.6) is 5.75 Å². The van der Waals surface area contributed by atoms with Crippen molar-refractivity contribution in [3.63, 3.8) is 0 Å². The number of benzene rings is 2. The zero-order valence-corrected chi connectivity index (χ0v) is 20.5. The highest BCUT2D eigenvalue weighted by molar-refractivity contribution is 5.83. The lowest BCUT2D eigenvalue weighted by Gasteiger charge is -2.14. The summed E-state index contributed by atoms with van der Waals surface area (Å²) in [5.74, 6) is 0.865. The van der Waals surface area contributed by atoms with E-state index < -0.39 is 12.6 Å². The molecular weight excluding hydrogens is 485 g/mol. The largest absolute Gasteiger partial charge is 0.494 e. The molecule has 0 fully saturated rings.